The van der Waals surface area contributed by atoms with Crippen LogP contribution in [0, 0.1) is 5.92 Å². The minimum Gasteiger partial charge on any atom is -0.333 e. The Kier molecular flexibility index (Phi) is 6.24. The maximum Gasteiger partial charge on any atom is 0.226 e. The SMILES string of the molecule is CN1CCN(C(=O)C2CCNCC2)C(c2ccccc2)C1.Cl. The van der Waals surface area contributed by atoms with Gasteiger partial charge in [0.2, 0.25) is 5.91 Å². The molecule has 0 spiro atoms. The van der Waals surface area contributed by atoms with Gasteiger partial charge >= 0.3 is 0 Å². The number of rotatable bonds is 2. The average Bonchev–Trinajstić information content (AvgIpc) is 2.56. The van der Waals surface area contributed by atoms with Crippen LogP contribution in [0.1, 0.15) is 24.4 Å². The van der Waals surface area contributed by atoms with Gasteiger partial charge in [-0.25, -0.2) is 0 Å². The molecule has 4 nitrogen and oxygen atoms in total. The highest BCUT2D eigenvalue weighted by Gasteiger charge is 2.34. The fourth-order valence-corrected chi connectivity index (χ4v) is 3.45. The number of nitrogens with zero attached hydrogens (tertiary/aromatic N) is 2. The van der Waals surface area contributed by atoms with E-state index in [0.717, 1.165) is 45.6 Å². The van der Waals surface area contributed by atoms with Crippen molar-refractivity contribution in [3.05, 3.63) is 35.9 Å². The Morgan fingerprint density at radius 2 is 1.82 bits per heavy atom. The van der Waals surface area contributed by atoms with E-state index in [1.165, 1.54) is 5.56 Å². The van der Waals surface area contributed by atoms with E-state index in [4.69, 9.17) is 0 Å². The van der Waals surface area contributed by atoms with Crippen LogP contribution in [0.5, 0.6) is 0 Å². The summed E-state index contributed by atoms with van der Waals surface area (Å²) in [4.78, 5) is 17.4. The molecule has 1 unspecified atom stereocenters. The topological polar surface area (TPSA) is 35.6 Å². The highest BCUT2D eigenvalue weighted by molar-refractivity contribution is 5.85. The van der Waals surface area contributed by atoms with Crippen molar-refractivity contribution in [2.75, 3.05) is 39.8 Å². The third-order valence-corrected chi connectivity index (χ3v) is 4.74. The summed E-state index contributed by atoms with van der Waals surface area (Å²) in [7, 11) is 2.14. The summed E-state index contributed by atoms with van der Waals surface area (Å²) < 4.78 is 0. The number of benzene rings is 1. The fraction of sp³-hybridized carbons (Fsp3) is 0.588. The lowest BCUT2D eigenvalue weighted by Gasteiger charge is -2.42. The summed E-state index contributed by atoms with van der Waals surface area (Å²) >= 11 is 0. The van der Waals surface area contributed by atoms with E-state index in [1.54, 1.807) is 0 Å². The summed E-state index contributed by atoms with van der Waals surface area (Å²) in [5.41, 5.74) is 1.26. The van der Waals surface area contributed by atoms with Crippen LogP contribution in [0.4, 0.5) is 0 Å². The molecular formula is C17H26ClN3O. The second-order valence-electron chi connectivity index (χ2n) is 6.24. The van der Waals surface area contributed by atoms with Crippen LogP contribution in [0.25, 0.3) is 0 Å². The molecule has 1 amide bonds. The molecule has 1 N–H and O–H groups in total. The van der Waals surface area contributed by atoms with Crippen molar-refractivity contribution in [3.63, 3.8) is 0 Å². The van der Waals surface area contributed by atoms with Crippen molar-refractivity contribution in [3.8, 4) is 0 Å². The predicted octanol–water partition coefficient (Wildman–Crippen LogP) is 1.92. The molecule has 5 heteroatoms. The summed E-state index contributed by atoms with van der Waals surface area (Å²) in [6.45, 7) is 4.69. The first-order valence-corrected chi connectivity index (χ1v) is 8.00. The average molecular weight is 324 g/mol. The number of piperazine rings is 1. The molecule has 2 saturated heterocycles. The summed E-state index contributed by atoms with van der Waals surface area (Å²) in [6, 6.07) is 10.7. The van der Waals surface area contributed by atoms with Crippen LogP contribution in [0.2, 0.25) is 0 Å². The van der Waals surface area contributed by atoms with E-state index in [0.29, 0.717) is 5.91 Å². The predicted molar refractivity (Wildman–Crippen MR) is 91.2 cm³/mol. The fourth-order valence-electron chi connectivity index (χ4n) is 3.45. The molecule has 22 heavy (non-hydrogen) atoms. The van der Waals surface area contributed by atoms with Crippen molar-refractivity contribution in [1.82, 2.24) is 15.1 Å². The molecular weight excluding hydrogens is 298 g/mol. The van der Waals surface area contributed by atoms with Gasteiger partial charge < -0.3 is 15.1 Å². The molecule has 2 aliphatic rings. The van der Waals surface area contributed by atoms with Gasteiger partial charge in [-0.2, -0.15) is 0 Å². The normalized spacial score (nSPS) is 23.9. The van der Waals surface area contributed by atoms with Crippen molar-refractivity contribution in [2.24, 2.45) is 5.92 Å². The zero-order chi connectivity index (χ0) is 14.7. The highest BCUT2D eigenvalue weighted by Crippen LogP contribution is 2.28. The summed E-state index contributed by atoms with van der Waals surface area (Å²) in [5, 5.41) is 3.34. The Hall–Kier alpha value is -1.10. The van der Waals surface area contributed by atoms with Gasteiger partial charge in [0.25, 0.3) is 0 Å². The number of amides is 1. The molecule has 3 rings (SSSR count). The Bertz CT molecular complexity index is 476. The number of piperidine rings is 1. The summed E-state index contributed by atoms with van der Waals surface area (Å²) in [6.07, 6.45) is 1.96. The van der Waals surface area contributed by atoms with Gasteiger partial charge in [0.15, 0.2) is 0 Å². The number of carbonyl (C=O) groups is 1. The van der Waals surface area contributed by atoms with E-state index < -0.39 is 0 Å². The number of hydrogen-bond acceptors (Lipinski definition) is 3. The lowest BCUT2D eigenvalue weighted by molar-refractivity contribution is -0.141. The molecule has 1 aromatic rings. The first-order chi connectivity index (χ1) is 10.3. The second-order valence-corrected chi connectivity index (χ2v) is 6.24. The lowest BCUT2D eigenvalue weighted by Crippen LogP contribution is -2.52. The van der Waals surface area contributed by atoms with Gasteiger partial charge in [0.05, 0.1) is 6.04 Å². The molecule has 2 heterocycles. The third-order valence-electron chi connectivity index (χ3n) is 4.74. The lowest BCUT2D eigenvalue weighted by atomic mass is 9.94. The standard InChI is InChI=1S/C17H25N3O.ClH/c1-19-11-12-20(17(21)15-7-9-18-10-8-15)16(13-19)14-5-3-2-4-6-14;/h2-6,15-16,18H,7-13H2,1H3;1H. The molecule has 122 valence electrons. The van der Waals surface area contributed by atoms with E-state index in [2.05, 4.69) is 46.4 Å². The van der Waals surface area contributed by atoms with E-state index >= 15 is 0 Å². The summed E-state index contributed by atoms with van der Waals surface area (Å²) in [5.74, 6) is 0.569. The van der Waals surface area contributed by atoms with Gasteiger partial charge in [-0.1, -0.05) is 30.3 Å². The molecule has 0 bridgehead atoms. The molecule has 2 aliphatic heterocycles. The molecule has 0 saturated carbocycles. The van der Waals surface area contributed by atoms with Crippen molar-refractivity contribution in [2.45, 2.75) is 18.9 Å². The second kappa shape index (κ2) is 7.95. The van der Waals surface area contributed by atoms with Gasteiger partial charge in [0, 0.05) is 25.6 Å². The number of nitrogens with one attached hydrogen (secondary N) is 1. The third kappa shape index (κ3) is 3.80. The zero-order valence-corrected chi connectivity index (χ0v) is 14.0. The highest BCUT2D eigenvalue weighted by atomic mass is 35.5. The number of hydrogen-bond donors (Lipinski definition) is 1. The largest absolute Gasteiger partial charge is 0.333 e. The van der Waals surface area contributed by atoms with Gasteiger partial charge in [-0.05, 0) is 38.5 Å². The zero-order valence-electron chi connectivity index (χ0n) is 13.2. The Morgan fingerprint density at radius 3 is 2.50 bits per heavy atom. The van der Waals surface area contributed by atoms with E-state index in [9.17, 15) is 4.79 Å². The molecule has 2 fully saturated rings. The quantitative estimate of drug-likeness (QED) is 0.903. The minimum atomic E-state index is 0. The van der Waals surface area contributed by atoms with Crippen LogP contribution in [0.3, 0.4) is 0 Å². The van der Waals surface area contributed by atoms with Crippen LogP contribution >= 0.6 is 12.4 Å². The van der Waals surface area contributed by atoms with E-state index in [1.807, 2.05) is 6.07 Å². The Balaban J connectivity index is 0.00000176. The maximum atomic E-state index is 12.9. The van der Waals surface area contributed by atoms with Crippen molar-refractivity contribution in [1.29, 1.82) is 0 Å². The Morgan fingerprint density at radius 1 is 1.14 bits per heavy atom. The number of carbonyl (C=O) groups excluding carboxylic acids is 1. The van der Waals surface area contributed by atoms with E-state index in [-0.39, 0.29) is 24.4 Å². The van der Waals surface area contributed by atoms with Crippen molar-refractivity contribution < 1.29 is 4.79 Å². The van der Waals surface area contributed by atoms with Crippen LogP contribution in [0.15, 0.2) is 30.3 Å². The van der Waals surface area contributed by atoms with Gasteiger partial charge in [-0.3, -0.25) is 4.79 Å². The molecule has 0 aromatic heterocycles. The molecule has 1 aromatic carbocycles. The Labute approximate surface area is 139 Å². The smallest absolute Gasteiger partial charge is 0.226 e. The van der Waals surface area contributed by atoms with Gasteiger partial charge in [0.1, 0.15) is 0 Å². The molecule has 0 aliphatic carbocycles. The van der Waals surface area contributed by atoms with Crippen LogP contribution < -0.4 is 5.32 Å². The minimum absolute atomic E-state index is 0. The first-order valence-electron chi connectivity index (χ1n) is 8.00. The first kappa shape index (κ1) is 17.3. The molecule has 0 radical (unpaired) electrons. The maximum absolute atomic E-state index is 12.9. The van der Waals surface area contributed by atoms with Crippen LogP contribution in [-0.4, -0.2) is 55.5 Å². The monoisotopic (exact) mass is 323 g/mol. The van der Waals surface area contributed by atoms with Crippen LogP contribution in [-0.2, 0) is 4.79 Å². The molecule has 1 atom stereocenters. The van der Waals surface area contributed by atoms with Crippen molar-refractivity contribution >= 4 is 18.3 Å². The number of likely N-dealkylation sites (N-methyl/N-ethyl adjacent to an activating group) is 1. The van der Waals surface area contributed by atoms with Gasteiger partial charge in [-0.15, -0.1) is 12.4 Å². The number of halogens is 1.